The fourth-order valence-electron chi connectivity index (χ4n) is 5.39. The average molecular weight is 477 g/mol. The smallest absolute Gasteiger partial charge is 0.240 e. The summed E-state index contributed by atoms with van der Waals surface area (Å²) in [6, 6.07) is 18.0. The first-order chi connectivity index (χ1) is 16.7. The van der Waals surface area contributed by atoms with Gasteiger partial charge in [-0.15, -0.1) is 0 Å². The van der Waals surface area contributed by atoms with E-state index in [2.05, 4.69) is 24.1 Å². The lowest BCUT2D eigenvalue weighted by molar-refractivity contribution is -0.143. The van der Waals surface area contributed by atoms with Gasteiger partial charge in [-0.2, -0.15) is 0 Å². The summed E-state index contributed by atoms with van der Waals surface area (Å²) in [7, 11) is 5.91. The highest BCUT2D eigenvalue weighted by Gasteiger charge is 2.54. The molecule has 2 fully saturated rings. The molecule has 0 N–H and O–H groups in total. The first-order valence-corrected chi connectivity index (χ1v) is 12.3. The number of carbonyl (C=O) groups is 3. The summed E-state index contributed by atoms with van der Waals surface area (Å²) in [5, 5.41) is 0. The highest BCUT2D eigenvalue weighted by atomic mass is 16.2. The molecule has 7 nitrogen and oxygen atoms in total. The molecule has 7 heteroatoms. The van der Waals surface area contributed by atoms with Crippen LogP contribution < -0.4 is 0 Å². The molecular formula is C28H36N4O3. The Morgan fingerprint density at radius 2 is 1.71 bits per heavy atom. The highest BCUT2D eigenvalue weighted by Crippen LogP contribution is 2.42. The maximum Gasteiger partial charge on any atom is 0.240 e. The molecule has 0 aromatic heterocycles. The zero-order valence-corrected chi connectivity index (χ0v) is 21.2. The lowest BCUT2D eigenvalue weighted by Crippen LogP contribution is -2.51. The van der Waals surface area contributed by atoms with Crippen molar-refractivity contribution in [1.82, 2.24) is 19.6 Å². The molecule has 2 aromatic rings. The van der Waals surface area contributed by atoms with Gasteiger partial charge >= 0.3 is 0 Å². The molecule has 3 amide bonds. The Balaban J connectivity index is 1.62. The Morgan fingerprint density at radius 1 is 1.03 bits per heavy atom. The topological polar surface area (TPSA) is 64.2 Å². The van der Waals surface area contributed by atoms with Crippen LogP contribution in [-0.4, -0.2) is 91.2 Å². The molecule has 35 heavy (non-hydrogen) atoms. The van der Waals surface area contributed by atoms with Crippen LogP contribution in [-0.2, 0) is 19.8 Å². The van der Waals surface area contributed by atoms with Crippen LogP contribution in [0.5, 0.6) is 0 Å². The van der Waals surface area contributed by atoms with E-state index < -0.39 is 5.41 Å². The predicted octanol–water partition coefficient (Wildman–Crippen LogP) is 2.46. The van der Waals surface area contributed by atoms with Gasteiger partial charge in [0.2, 0.25) is 17.7 Å². The van der Waals surface area contributed by atoms with Gasteiger partial charge < -0.3 is 9.80 Å². The van der Waals surface area contributed by atoms with Gasteiger partial charge in [0, 0.05) is 45.6 Å². The van der Waals surface area contributed by atoms with Gasteiger partial charge in [-0.3, -0.25) is 24.2 Å². The van der Waals surface area contributed by atoms with Gasteiger partial charge in [-0.1, -0.05) is 54.6 Å². The van der Waals surface area contributed by atoms with Crippen molar-refractivity contribution < 1.29 is 14.4 Å². The lowest BCUT2D eigenvalue weighted by Gasteiger charge is -2.41. The Bertz CT molecular complexity index is 1090. The number of nitrogens with zero attached hydrogens (tertiary/aromatic N) is 4. The third-order valence-electron chi connectivity index (χ3n) is 7.48. The molecule has 0 radical (unpaired) electrons. The Labute approximate surface area is 208 Å². The minimum absolute atomic E-state index is 0.00607. The van der Waals surface area contributed by atoms with Crippen molar-refractivity contribution >= 4 is 17.7 Å². The molecule has 186 valence electrons. The summed E-state index contributed by atoms with van der Waals surface area (Å²) in [4.78, 5) is 48.2. The van der Waals surface area contributed by atoms with E-state index in [9.17, 15) is 14.4 Å². The van der Waals surface area contributed by atoms with Gasteiger partial charge in [-0.25, -0.2) is 0 Å². The lowest BCUT2D eigenvalue weighted by atomic mass is 9.73. The van der Waals surface area contributed by atoms with Gasteiger partial charge in [0.15, 0.2) is 0 Å². The molecule has 2 saturated heterocycles. The highest BCUT2D eigenvalue weighted by molar-refractivity contribution is 6.11. The maximum absolute atomic E-state index is 13.9. The quantitative estimate of drug-likeness (QED) is 0.575. The fourth-order valence-corrected chi connectivity index (χ4v) is 5.39. The SMILES string of the molecule is Cc1ccccc1[C@@]1(CC(=O)N2CCN(C)[C@@H](c3ccccc3)C2)CC(=O)N(CCN(C)C)C1=O. The van der Waals surface area contributed by atoms with E-state index in [-0.39, 0.29) is 36.6 Å². The number of benzene rings is 2. The molecule has 2 aliphatic heterocycles. The summed E-state index contributed by atoms with van der Waals surface area (Å²) in [6.07, 6.45) is 0.0395. The second kappa shape index (κ2) is 10.3. The van der Waals surface area contributed by atoms with E-state index in [1.165, 1.54) is 10.5 Å². The second-order valence-electron chi connectivity index (χ2n) is 10.2. The number of hydrogen-bond donors (Lipinski definition) is 0. The predicted molar refractivity (Wildman–Crippen MR) is 136 cm³/mol. The molecule has 0 bridgehead atoms. The summed E-state index contributed by atoms with van der Waals surface area (Å²) in [5.41, 5.74) is 1.73. The summed E-state index contributed by atoms with van der Waals surface area (Å²) in [5.74, 6) is -0.521. The summed E-state index contributed by atoms with van der Waals surface area (Å²) < 4.78 is 0. The van der Waals surface area contributed by atoms with Crippen LogP contribution in [0.1, 0.15) is 35.6 Å². The number of amides is 3. The minimum Gasteiger partial charge on any atom is -0.339 e. The number of carbonyl (C=O) groups excluding carboxylic acids is 3. The molecule has 4 rings (SSSR count). The zero-order valence-electron chi connectivity index (χ0n) is 21.2. The van der Waals surface area contributed by atoms with Crippen molar-refractivity contribution in [3.63, 3.8) is 0 Å². The van der Waals surface area contributed by atoms with Crippen LogP contribution in [0.3, 0.4) is 0 Å². The molecule has 2 aliphatic rings. The largest absolute Gasteiger partial charge is 0.339 e. The third kappa shape index (κ3) is 5.02. The van der Waals surface area contributed by atoms with Crippen LogP contribution in [0, 0.1) is 6.92 Å². The van der Waals surface area contributed by atoms with Crippen LogP contribution in [0.25, 0.3) is 0 Å². The second-order valence-corrected chi connectivity index (χ2v) is 10.2. The maximum atomic E-state index is 13.9. The summed E-state index contributed by atoms with van der Waals surface area (Å²) in [6.45, 7) is 4.79. The van der Waals surface area contributed by atoms with Crippen molar-refractivity contribution in [3.05, 3.63) is 71.3 Å². The third-order valence-corrected chi connectivity index (χ3v) is 7.48. The molecule has 0 aliphatic carbocycles. The van der Waals surface area contributed by atoms with Gasteiger partial charge in [-0.05, 0) is 44.8 Å². The molecule has 0 saturated carbocycles. The monoisotopic (exact) mass is 476 g/mol. The van der Waals surface area contributed by atoms with E-state index in [0.717, 1.165) is 17.7 Å². The number of likely N-dealkylation sites (tertiary alicyclic amines) is 1. The van der Waals surface area contributed by atoms with E-state index in [0.29, 0.717) is 26.2 Å². The molecule has 2 heterocycles. The van der Waals surface area contributed by atoms with Crippen LogP contribution in [0.15, 0.2) is 54.6 Å². The number of imide groups is 1. The number of hydrogen-bond acceptors (Lipinski definition) is 5. The number of rotatable bonds is 7. The van der Waals surface area contributed by atoms with Gasteiger partial charge in [0.25, 0.3) is 0 Å². The molecule has 2 atom stereocenters. The van der Waals surface area contributed by atoms with Crippen LogP contribution in [0.2, 0.25) is 0 Å². The molecule has 0 spiro atoms. The van der Waals surface area contributed by atoms with Crippen LogP contribution in [0.4, 0.5) is 0 Å². The zero-order chi connectivity index (χ0) is 25.2. The molecular weight excluding hydrogens is 440 g/mol. The van der Waals surface area contributed by atoms with Crippen molar-refractivity contribution in [2.75, 3.05) is 53.9 Å². The number of likely N-dealkylation sites (N-methyl/N-ethyl adjacent to an activating group) is 2. The standard InChI is InChI=1S/C28H36N4O3/c1-21-10-8-9-13-23(21)28(19-26(34)32(27(28)35)17-14-29(2)3)18-25(33)31-16-15-30(4)24(20-31)22-11-6-5-7-12-22/h5-13,24H,14-20H2,1-4H3/t24-,28-/m1/s1. The van der Waals surface area contributed by atoms with Gasteiger partial charge in [0.05, 0.1) is 11.5 Å². The number of aryl methyl sites for hydroxylation is 1. The molecule has 0 unspecified atom stereocenters. The minimum atomic E-state index is -1.16. The fraction of sp³-hybridized carbons (Fsp3) is 0.464. The van der Waals surface area contributed by atoms with Crippen molar-refractivity contribution in [2.24, 2.45) is 0 Å². The van der Waals surface area contributed by atoms with Crippen molar-refractivity contribution in [3.8, 4) is 0 Å². The summed E-state index contributed by atoms with van der Waals surface area (Å²) >= 11 is 0. The average Bonchev–Trinajstić information content (AvgIpc) is 3.08. The first-order valence-electron chi connectivity index (χ1n) is 12.3. The van der Waals surface area contributed by atoms with E-state index in [1.807, 2.05) is 73.3 Å². The van der Waals surface area contributed by atoms with Gasteiger partial charge in [0.1, 0.15) is 0 Å². The van der Waals surface area contributed by atoms with Crippen LogP contribution >= 0.6 is 0 Å². The normalized spacial score (nSPS) is 23.4. The Hall–Kier alpha value is -3.03. The molecule has 2 aromatic carbocycles. The van der Waals surface area contributed by atoms with Crippen molar-refractivity contribution in [2.45, 2.75) is 31.2 Å². The Morgan fingerprint density at radius 3 is 2.40 bits per heavy atom. The van der Waals surface area contributed by atoms with E-state index >= 15 is 0 Å². The van der Waals surface area contributed by atoms with E-state index in [1.54, 1.807) is 0 Å². The van der Waals surface area contributed by atoms with E-state index in [4.69, 9.17) is 0 Å². The number of piperazine rings is 1. The Kier molecular flexibility index (Phi) is 7.38. The first kappa shape index (κ1) is 25.1. The van der Waals surface area contributed by atoms with Crippen molar-refractivity contribution in [1.29, 1.82) is 0 Å².